The molecule has 0 rings (SSSR count). The van der Waals surface area contributed by atoms with Gasteiger partial charge in [-0.15, -0.1) is 0 Å². The lowest BCUT2D eigenvalue weighted by molar-refractivity contribution is -0.218. The fraction of sp³-hybridized carbons (Fsp3) is 0.875. The molecule has 0 aliphatic carbocycles. The van der Waals surface area contributed by atoms with Crippen molar-refractivity contribution < 1.29 is 22.7 Å². The smallest absolute Gasteiger partial charge is 0.426 e. The predicted molar refractivity (Wildman–Crippen MR) is 54.3 cm³/mol. The van der Waals surface area contributed by atoms with E-state index in [0.29, 0.717) is 12.8 Å². The summed E-state index contributed by atoms with van der Waals surface area (Å²) in [5.74, 6) is -0.898. The van der Waals surface area contributed by atoms with Crippen molar-refractivity contribution in [3.8, 4) is 0 Å². The van der Waals surface area contributed by atoms with Crippen LogP contribution >= 0.6 is 22.6 Å². The SMILES string of the molecule is CCCC(I)C(OC(C)=O)C(F)(F)F. The Bertz CT molecular complexity index is 194. The third-order valence-electron chi connectivity index (χ3n) is 1.51. The second kappa shape index (κ2) is 5.77. The highest BCUT2D eigenvalue weighted by Gasteiger charge is 2.46. The maximum absolute atomic E-state index is 12.4. The van der Waals surface area contributed by atoms with E-state index in [-0.39, 0.29) is 0 Å². The van der Waals surface area contributed by atoms with Gasteiger partial charge in [-0.1, -0.05) is 35.9 Å². The first-order valence-electron chi connectivity index (χ1n) is 4.17. The molecule has 84 valence electrons. The maximum atomic E-state index is 12.4. The van der Waals surface area contributed by atoms with E-state index in [9.17, 15) is 18.0 Å². The Morgan fingerprint density at radius 3 is 2.29 bits per heavy atom. The van der Waals surface area contributed by atoms with Crippen LogP contribution < -0.4 is 0 Å². The van der Waals surface area contributed by atoms with Crippen LogP contribution in [0.15, 0.2) is 0 Å². The molecule has 0 aromatic rings. The summed E-state index contributed by atoms with van der Waals surface area (Å²) in [4.78, 5) is 10.5. The topological polar surface area (TPSA) is 26.3 Å². The fourth-order valence-electron chi connectivity index (χ4n) is 0.952. The van der Waals surface area contributed by atoms with Gasteiger partial charge in [0.05, 0.1) is 3.92 Å². The van der Waals surface area contributed by atoms with Crippen LogP contribution in [0.4, 0.5) is 13.2 Å². The summed E-state index contributed by atoms with van der Waals surface area (Å²) in [5, 5.41) is 0. The van der Waals surface area contributed by atoms with E-state index in [4.69, 9.17) is 0 Å². The van der Waals surface area contributed by atoms with Gasteiger partial charge in [0.25, 0.3) is 0 Å². The largest absolute Gasteiger partial charge is 0.452 e. The van der Waals surface area contributed by atoms with Crippen LogP contribution in [0.3, 0.4) is 0 Å². The van der Waals surface area contributed by atoms with Crippen LogP contribution in [0.2, 0.25) is 0 Å². The Hall–Kier alpha value is -0.0100. The van der Waals surface area contributed by atoms with E-state index in [1.807, 2.05) is 0 Å². The Kier molecular flexibility index (Phi) is 5.77. The van der Waals surface area contributed by atoms with E-state index >= 15 is 0 Å². The quantitative estimate of drug-likeness (QED) is 0.451. The highest BCUT2D eigenvalue weighted by atomic mass is 127. The van der Waals surface area contributed by atoms with Crippen molar-refractivity contribution in [3.05, 3.63) is 0 Å². The van der Waals surface area contributed by atoms with Crippen molar-refractivity contribution in [1.82, 2.24) is 0 Å². The van der Waals surface area contributed by atoms with Gasteiger partial charge in [0, 0.05) is 6.92 Å². The molecule has 0 spiro atoms. The van der Waals surface area contributed by atoms with Gasteiger partial charge in [-0.3, -0.25) is 4.79 Å². The number of esters is 1. The number of halogens is 4. The van der Waals surface area contributed by atoms with E-state index < -0.39 is 22.2 Å². The molecule has 6 heteroatoms. The van der Waals surface area contributed by atoms with Crippen molar-refractivity contribution in [2.75, 3.05) is 0 Å². The predicted octanol–water partition coefficient (Wildman–Crippen LogP) is 3.08. The maximum Gasteiger partial charge on any atom is 0.426 e. The molecule has 0 heterocycles. The van der Waals surface area contributed by atoms with E-state index in [2.05, 4.69) is 4.74 Å². The van der Waals surface area contributed by atoms with Crippen molar-refractivity contribution in [2.24, 2.45) is 0 Å². The monoisotopic (exact) mass is 324 g/mol. The first-order valence-corrected chi connectivity index (χ1v) is 5.41. The molecule has 0 saturated carbocycles. The molecule has 0 aliphatic heterocycles. The van der Waals surface area contributed by atoms with Crippen LogP contribution in [-0.4, -0.2) is 22.2 Å². The number of carbonyl (C=O) groups is 1. The summed E-state index contributed by atoms with van der Waals surface area (Å²) < 4.78 is 40.7. The first-order chi connectivity index (χ1) is 6.29. The summed E-state index contributed by atoms with van der Waals surface area (Å²) in [6.07, 6.45) is -5.47. The van der Waals surface area contributed by atoms with Crippen molar-refractivity contribution in [2.45, 2.75) is 42.9 Å². The molecule has 2 unspecified atom stereocenters. The standard InChI is InChI=1S/C8H12F3IO2/c1-3-4-6(12)7(8(9,10)11)14-5(2)13/h6-7H,3-4H2,1-2H3. The molecule has 14 heavy (non-hydrogen) atoms. The molecule has 0 radical (unpaired) electrons. The third-order valence-corrected chi connectivity index (χ3v) is 2.78. The molecule has 0 aliphatic rings. The lowest BCUT2D eigenvalue weighted by Gasteiger charge is -2.24. The number of ether oxygens (including phenoxy) is 1. The minimum absolute atomic E-state index is 0.373. The highest BCUT2D eigenvalue weighted by molar-refractivity contribution is 14.1. The van der Waals surface area contributed by atoms with Gasteiger partial charge in [-0.2, -0.15) is 13.2 Å². The van der Waals surface area contributed by atoms with Crippen LogP contribution in [0.1, 0.15) is 26.7 Å². The highest BCUT2D eigenvalue weighted by Crippen LogP contribution is 2.31. The minimum atomic E-state index is -4.48. The summed E-state index contributed by atoms with van der Waals surface area (Å²) in [6.45, 7) is 2.76. The fourth-order valence-corrected chi connectivity index (χ4v) is 2.13. The lowest BCUT2D eigenvalue weighted by Crippen LogP contribution is -2.40. The van der Waals surface area contributed by atoms with Gasteiger partial charge in [0.15, 0.2) is 0 Å². The van der Waals surface area contributed by atoms with E-state index in [1.54, 1.807) is 29.5 Å². The first kappa shape index (κ1) is 14.0. The van der Waals surface area contributed by atoms with Crippen molar-refractivity contribution in [3.63, 3.8) is 0 Å². The minimum Gasteiger partial charge on any atom is -0.452 e. The van der Waals surface area contributed by atoms with Crippen LogP contribution in [0.25, 0.3) is 0 Å². The molecule has 2 atom stereocenters. The van der Waals surface area contributed by atoms with Crippen molar-refractivity contribution in [1.29, 1.82) is 0 Å². The van der Waals surface area contributed by atoms with Gasteiger partial charge in [0.1, 0.15) is 0 Å². The van der Waals surface area contributed by atoms with Crippen LogP contribution in [-0.2, 0) is 9.53 Å². The van der Waals surface area contributed by atoms with Gasteiger partial charge in [-0.05, 0) is 6.42 Å². The van der Waals surface area contributed by atoms with Gasteiger partial charge >= 0.3 is 12.1 Å². The number of rotatable bonds is 4. The molecular weight excluding hydrogens is 312 g/mol. The van der Waals surface area contributed by atoms with Gasteiger partial charge < -0.3 is 4.74 Å². The molecular formula is C8H12F3IO2. The number of carbonyl (C=O) groups excluding carboxylic acids is 1. The molecule has 0 saturated heterocycles. The normalized spacial score (nSPS) is 16.1. The zero-order chi connectivity index (χ0) is 11.4. The van der Waals surface area contributed by atoms with E-state index in [0.717, 1.165) is 6.92 Å². The zero-order valence-corrected chi connectivity index (χ0v) is 10.1. The van der Waals surface area contributed by atoms with Gasteiger partial charge in [-0.25, -0.2) is 0 Å². The number of hydrogen-bond acceptors (Lipinski definition) is 2. The Morgan fingerprint density at radius 1 is 1.50 bits per heavy atom. The number of alkyl halides is 4. The lowest BCUT2D eigenvalue weighted by atomic mass is 10.1. The molecule has 0 aromatic carbocycles. The Balaban J connectivity index is 4.46. The third kappa shape index (κ3) is 5.02. The summed E-state index contributed by atoms with van der Waals surface area (Å²) in [7, 11) is 0. The molecule has 2 nitrogen and oxygen atoms in total. The average molecular weight is 324 g/mol. The van der Waals surface area contributed by atoms with Crippen LogP contribution in [0, 0.1) is 0 Å². The molecule has 0 aromatic heterocycles. The molecule has 0 bridgehead atoms. The molecule has 0 fully saturated rings. The second-order valence-corrected chi connectivity index (χ2v) is 4.48. The molecule has 0 N–H and O–H groups in total. The van der Waals surface area contributed by atoms with Crippen LogP contribution in [0.5, 0.6) is 0 Å². The Labute approximate surface area is 94.3 Å². The number of hydrogen-bond donors (Lipinski definition) is 0. The zero-order valence-electron chi connectivity index (χ0n) is 7.90. The average Bonchev–Trinajstić information content (AvgIpc) is 1.98. The van der Waals surface area contributed by atoms with E-state index in [1.165, 1.54) is 0 Å². The molecule has 0 amide bonds. The summed E-state index contributed by atoms with van der Waals surface area (Å²) in [6, 6.07) is 0. The van der Waals surface area contributed by atoms with Crippen molar-refractivity contribution >= 4 is 28.6 Å². The summed E-state index contributed by atoms with van der Waals surface area (Å²) in [5.41, 5.74) is 0. The Morgan fingerprint density at radius 2 is 2.00 bits per heavy atom. The van der Waals surface area contributed by atoms with Gasteiger partial charge in [0.2, 0.25) is 6.10 Å². The second-order valence-electron chi connectivity index (χ2n) is 2.88. The summed E-state index contributed by atoms with van der Waals surface area (Å²) >= 11 is 1.66.